The number of rotatable bonds is 5. The molecule has 1 atom stereocenters. The van der Waals surface area contributed by atoms with Gasteiger partial charge in [0.05, 0.1) is 11.0 Å². The molecule has 2 aromatic carbocycles. The van der Waals surface area contributed by atoms with E-state index in [1.807, 2.05) is 42.5 Å². The summed E-state index contributed by atoms with van der Waals surface area (Å²) in [6, 6.07) is 13.9. The second-order valence-electron chi connectivity index (χ2n) is 10.8. The summed E-state index contributed by atoms with van der Waals surface area (Å²) in [6.07, 6.45) is 12.1. The van der Waals surface area contributed by atoms with E-state index in [2.05, 4.69) is 15.6 Å². The van der Waals surface area contributed by atoms with Gasteiger partial charge in [-0.25, -0.2) is 4.98 Å². The van der Waals surface area contributed by atoms with Crippen LogP contribution >= 0.6 is 0 Å². The van der Waals surface area contributed by atoms with Crippen LogP contribution in [0.3, 0.4) is 0 Å². The van der Waals surface area contributed by atoms with E-state index < -0.39 is 0 Å². The van der Waals surface area contributed by atoms with Crippen molar-refractivity contribution in [3.63, 3.8) is 0 Å². The van der Waals surface area contributed by atoms with Gasteiger partial charge in [-0.15, -0.1) is 0 Å². The third kappa shape index (κ3) is 4.71. The van der Waals surface area contributed by atoms with Crippen molar-refractivity contribution in [3.8, 4) is 11.4 Å². The molecule has 3 N–H and O–H groups in total. The Kier molecular flexibility index (Phi) is 6.05. The minimum absolute atomic E-state index is 0.0207. The molecule has 0 saturated heterocycles. The summed E-state index contributed by atoms with van der Waals surface area (Å²) in [6.45, 7) is 0. The fraction of sp³-hybridized carbons (Fsp3) is 0.483. The first kappa shape index (κ1) is 22.3. The Hall–Kier alpha value is -3.15. The summed E-state index contributed by atoms with van der Waals surface area (Å²) >= 11 is 0. The van der Waals surface area contributed by atoms with E-state index in [0.717, 1.165) is 47.6 Å². The lowest BCUT2D eigenvalue weighted by atomic mass is 9.68. The third-order valence-corrected chi connectivity index (χ3v) is 8.47. The molecule has 0 spiro atoms. The van der Waals surface area contributed by atoms with Crippen molar-refractivity contribution in [2.24, 2.45) is 11.8 Å². The molecule has 0 radical (unpaired) electrons. The number of amides is 2. The van der Waals surface area contributed by atoms with Crippen LogP contribution in [0, 0.1) is 11.8 Å². The van der Waals surface area contributed by atoms with Crippen molar-refractivity contribution < 1.29 is 9.59 Å². The monoisotopic (exact) mass is 470 g/mol. The number of nitrogens with one attached hydrogen (secondary N) is 3. The Morgan fingerprint density at radius 1 is 0.800 bits per heavy atom. The number of aromatic nitrogens is 2. The number of fused-ring (bicyclic) bond motifs is 4. The Morgan fingerprint density at radius 3 is 2.23 bits per heavy atom. The maximum absolute atomic E-state index is 12.8. The Balaban J connectivity index is 1.13. The lowest BCUT2D eigenvalue weighted by molar-refractivity contribution is 0.0810. The number of carbonyl (C=O) groups excluding carboxylic acids is 2. The van der Waals surface area contributed by atoms with Crippen molar-refractivity contribution in [2.75, 3.05) is 0 Å². The summed E-state index contributed by atoms with van der Waals surface area (Å²) in [7, 11) is 0. The molecule has 35 heavy (non-hydrogen) atoms. The van der Waals surface area contributed by atoms with E-state index >= 15 is 0 Å². The van der Waals surface area contributed by atoms with Crippen molar-refractivity contribution in [3.05, 3.63) is 53.6 Å². The summed E-state index contributed by atoms with van der Waals surface area (Å²) in [5.74, 6) is 2.17. The lowest BCUT2D eigenvalue weighted by Gasteiger charge is -2.42. The standard InChI is InChI=1S/C29H34N4O2/c34-28(33-25-16-18-6-8-19(25)9-7-18)21-12-10-20(11-13-21)27-31-24-15-14-22(17-26(24)32-27)29(35)30-23-4-2-1-3-5-23/h10-15,17-19,23,25H,1-9,16H2,(H,30,35)(H,31,32)(H,33,34). The fourth-order valence-corrected chi connectivity index (χ4v) is 6.39. The average molecular weight is 471 g/mol. The lowest BCUT2D eigenvalue weighted by Crippen LogP contribution is -2.47. The number of carbonyl (C=O) groups is 2. The zero-order chi connectivity index (χ0) is 23.8. The molecule has 4 aliphatic rings. The van der Waals surface area contributed by atoms with Crippen LogP contribution in [0.5, 0.6) is 0 Å². The third-order valence-electron chi connectivity index (χ3n) is 8.47. The van der Waals surface area contributed by atoms with E-state index in [0.29, 0.717) is 23.1 Å². The van der Waals surface area contributed by atoms with Gasteiger partial charge in [0.1, 0.15) is 5.82 Å². The second kappa shape index (κ2) is 9.48. The van der Waals surface area contributed by atoms with E-state index in [9.17, 15) is 9.59 Å². The zero-order valence-corrected chi connectivity index (χ0v) is 20.2. The molecule has 4 aliphatic carbocycles. The molecule has 7 rings (SSSR count). The van der Waals surface area contributed by atoms with Crippen LogP contribution in [0.25, 0.3) is 22.4 Å². The van der Waals surface area contributed by atoms with Gasteiger partial charge in [0.2, 0.25) is 0 Å². The number of H-pyrrole nitrogens is 1. The Labute approximate surface area is 206 Å². The molecule has 1 aromatic heterocycles. The maximum Gasteiger partial charge on any atom is 0.251 e. The first-order valence-electron chi connectivity index (χ1n) is 13.3. The maximum atomic E-state index is 12.8. The normalized spacial score (nSPS) is 24.4. The number of nitrogens with zero attached hydrogens (tertiary/aromatic N) is 1. The highest BCUT2D eigenvalue weighted by Gasteiger charge is 2.36. The van der Waals surface area contributed by atoms with Crippen LogP contribution in [0.1, 0.15) is 84.9 Å². The van der Waals surface area contributed by atoms with Gasteiger partial charge in [0.15, 0.2) is 0 Å². The number of aromatic amines is 1. The number of hydrogen-bond donors (Lipinski definition) is 3. The summed E-state index contributed by atoms with van der Waals surface area (Å²) in [5, 5.41) is 6.47. The molecule has 2 bridgehead atoms. The van der Waals surface area contributed by atoms with Gasteiger partial charge in [0.25, 0.3) is 11.8 Å². The van der Waals surface area contributed by atoms with Crippen LogP contribution in [0.4, 0.5) is 0 Å². The number of benzene rings is 2. The second-order valence-corrected chi connectivity index (χ2v) is 10.8. The smallest absolute Gasteiger partial charge is 0.251 e. The van der Waals surface area contributed by atoms with Gasteiger partial charge in [-0.1, -0.05) is 44.2 Å². The van der Waals surface area contributed by atoms with E-state index in [1.165, 1.54) is 44.9 Å². The van der Waals surface area contributed by atoms with Gasteiger partial charge < -0.3 is 15.6 Å². The number of hydrogen-bond acceptors (Lipinski definition) is 3. The van der Waals surface area contributed by atoms with Crippen molar-refractivity contribution >= 4 is 22.8 Å². The molecule has 6 nitrogen and oxygen atoms in total. The fourth-order valence-electron chi connectivity index (χ4n) is 6.39. The molecule has 4 saturated carbocycles. The van der Waals surface area contributed by atoms with Crippen LogP contribution in [0.15, 0.2) is 42.5 Å². The zero-order valence-electron chi connectivity index (χ0n) is 20.2. The number of imidazole rings is 1. The highest BCUT2D eigenvalue weighted by atomic mass is 16.2. The molecule has 2 amide bonds. The predicted octanol–water partition coefficient (Wildman–Crippen LogP) is 5.60. The topological polar surface area (TPSA) is 86.9 Å². The average Bonchev–Trinajstić information content (AvgIpc) is 3.34. The summed E-state index contributed by atoms with van der Waals surface area (Å²) < 4.78 is 0. The predicted molar refractivity (Wildman–Crippen MR) is 137 cm³/mol. The Bertz CT molecular complexity index is 1220. The van der Waals surface area contributed by atoms with Gasteiger partial charge in [-0.2, -0.15) is 0 Å². The molecule has 182 valence electrons. The summed E-state index contributed by atoms with van der Waals surface area (Å²) in [5.41, 5.74) is 3.91. The van der Waals surface area contributed by atoms with Gasteiger partial charge >= 0.3 is 0 Å². The highest BCUT2D eigenvalue weighted by Crippen LogP contribution is 2.41. The van der Waals surface area contributed by atoms with Gasteiger partial charge in [-0.05, 0) is 74.3 Å². The van der Waals surface area contributed by atoms with Crippen LogP contribution in [0.2, 0.25) is 0 Å². The molecule has 6 heteroatoms. The SMILES string of the molecule is O=C(NC1CCCCC1)c1ccc2[nH]c(-c3ccc(C(=O)NC4CC5CCC4CC5)cc3)nc2c1. The van der Waals surface area contributed by atoms with Crippen LogP contribution < -0.4 is 10.6 Å². The first-order chi connectivity index (χ1) is 17.1. The molecule has 4 fully saturated rings. The molecule has 1 unspecified atom stereocenters. The van der Waals surface area contributed by atoms with Crippen LogP contribution in [-0.4, -0.2) is 33.9 Å². The van der Waals surface area contributed by atoms with Crippen molar-refractivity contribution in [1.29, 1.82) is 0 Å². The van der Waals surface area contributed by atoms with Gasteiger partial charge in [-0.3, -0.25) is 9.59 Å². The molecular weight excluding hydrogens is 436 g/mol. The summed E-state index contributed by atoms with van der Waals surface area (Å²) in [4.78, 5) is 33.7. The minimum atomic E-state index is -0.0232. The molecule has 1 heterocycles. The Morgan fingerprint density at radius 2 is 1.51 bits per heavy atom. The highest BCUT2D eigenvalue weighted by molar-refractivity contribution is 5.98. The van der Waals surface area contributed by atoms with Gasteiger partial charge in [0, 0.05) is 28.8 Å². The molecule has 3 aromatic rings. The van der Waals surface area contributed by atoms with E-state index in [1.54, 1.807) is 0 Å². The van der Waals surface area contributed by atoms with E-state index in [-0.39, 0.29) is 17.9 Å². The first-order valence-corrected chi connectivity index (χ1v) is 13.3. The molecule has 0 aliphatic heterocycles. The quantitative estimate of drug-likeness (QED) is 0.454. The van der Waals surface area contributed by atoms with Crippen molar-refractivity contribution in [2.45, 2.75) is 76.3 Å². The minimum Gasteiger partial charge on any atom is -0.349 e. The molecular formula is C29H34N4O2. The largest absolute Gasteiger partial charge is 0.349 e. The van der Waals surface area contributed by atoms with Crippen molar-refractivity contribution in [1.82, 2.24) is 20.6 Å². The van der Waals surface area contributed by atoms with E-state index in [4.69, 9.17) is 4.98 Å². The van der Waals surface area contributed by atoms with Crippen LogP contribution in [-0.2, 0) is 0 Å².